The summed E-state index contributed by atoms with van der Waals surface area (Å²) in [7, 11) is 0. The molecule has 1 aliphatic heterocycles. The zero-order valence-corrected chi connectivity index (χ0v) is 11.0. The predicted molar refractivity (Wildman–Crippen MR) is 73.0 cm³/mol. The molecule has 0 amide bonds. The molecule has 5 nitrogen and oxygen atoms in total. The third kappa shape index (κ3) is 2.70. The summed E-state index contributed by atoms with van der Waals surface area (Å²) in [5.74, 6) is 0.446. The predicted octanol–water partition coefficient (Wildman–Crippen LogP) is 1.96. The van der Waals surface area contributed by atoms with E-state index in [0.717, 1.165) is 36.6 Å². The summed E-state index contributed by atoms with van der Waals surface area (Å²) < 4.78 is 0. The van der Waals surface area contributed by atoms with Crippen molar-refractivity contribution in [3.05, 3.63) is 42.5 Å². The molecule has 0 unspecified atom stereocenters. The SMILES string of the molecule is Cc1cncc([C@@H]2CCCN(c3cncnc3)C2)n1. The second-order valence-electron chi connectivity index (χ2n) is 4.97. The lowest BCUT2D eigenvalue weighted by Gasteiger charge is -2.33. The van der Waals surface area contributed by atoms with Gasteiger partial charge >= 0.3 is 0 Å². The Bertz CT molecular complexity index is 543. The largest absolute Gasteiger partial charge is 0.368 e. The van der Waals surface area contributed by atoms with Crippen molar-refractivity contribution in [1.29, 1.82) is 0 Å². The van der Waals surface area contributed by atoms with Crippen LogP contribution in [0.5, 0.6) is 0 Å². The van der Waals surface area contributed by atoms with Crippen LogP contribution in [-0.2, 0) is 0 Å². The van der Waals surface area contributed by atoms with Crippen molar-refractivity contribution in [3.8, 4) is 0 Å². The molecule has 2 aromatic heterocycles. The van der Waals surface area contributed by atoms with E-state index in [1.54, 1.807) is 12.5 Å². The minimum absolute atomic E-state index is 0.446. The van der Waals surface area contributed by atoms with E-state index in [1.807, 2.05) is 25.5 Å². The maximum Gasteiger partial charge on any atom is 0.115 e. The first-order valence-corrected chi connectivity index (χ1v) is 6.61. The number of anilines is 1. The van der Waals surface area contributed by atoms with Gasteiger partial charge in [-0.2, -0.15) is 0 Å². The highest BCUT2D eigenvalue weighted by Crippen LogP contribution is 2.28. The first-order valence-electron chi connectivity index (χ1n) is 6.61. The standard InChI is InChI=1S/C14H17N5/c1-11-5-15-8-14(18-11)12-3-2-4-19(9-12)13-6-16-10-17-7-13/h5-8,10,12H,2-4,9H2,1H3/t12-/m1/s1. The number of aryl methyl sites for hydroxylation is 1. The highest BCUT2D eigenvalue weighted by molar-refractivity contribution is 5.42. The Balaban J connectivity index is 1.78. The lowest BCUT2D eigenvalue weighted by molar-refractivity contribution is 0.499. The first kappa shape index (κ1) is 12.0. The van der Waals surface area contributed by atoms with Crippen molar-refractivity contribution in [2.45, 2.75) is 25.7 Å². The summed E-state index contributed by atoms with van der Waals surface area (Å²) in [4.78, 5) is 19.4. The van der Waals surface area contributed by atoms with Crippen LogP contribution < -0.4 is 4.90 Å². The number of hydrogen-bond acceptors (Lipinski definition) is 5. The average molecular weight is 255 g/mol. The number of rotatable bonds is 2. The van der Waals surface area contributed by atoms with Gasteiger partial charge in [-0.25, -0.2) is 9.97 Å². The summed E-state index contributed by atoms with van der Waals surface area (Å²) in [6.45, 7) is 4.01. The molecule has 1 fully saturated rings. The van der Waals surface area contributed by atoms with Crippen LogP contribution in [0.1, 0.15) is 30.1 Å². The quantitative estimate of drug-likeness (QED) is 0.821. The Labute approximate surface area is 112 Å². The molecule has 0 aliphatic carbocycles. The average Bonchev–Trinajstić information content (AvgIpc) is 2.48. The zero-order chi connectivity index (χ0) is 13.1. The Hall–Kier alpha value is -2.04. The van der Waals surface area contributed by atoms with Gasteiger partial charge in [0.1, 0.15) is 6.33 Å². The lowest BCUT2D eigenvalue weighted by atomic mass is 9.95. The fourth-order valence-corrected chi connectivity index (χ4v) is 2.59. The summed E-state index contributed by atoms with van der Waals surface area (Å²) in [5, 5.41) is 0. The normalized spacial score (nSPS) is 19.4. The highest BCUT2D eigenvalue weighted by Gasteiger charge is 2.23. The van der Waals surface area contributed by atoms with E-state index in [1.165, 1.54) is 6.42 Å². The molecule has 3 rings (SSSR count). The number of piperidine rings is 1. The van der Waals surface area contributed by atoms with Crippen LogP contribution in [-0.4, -0.2) is 33.0 Å². The van der Waals surface area contributed by atoms with E-state index in [4.69, 9.17) is 0 Å². The van der Waals surface area contributed by atoms with Crippen molar-refractivity contribution in [3.63, 3.8) is 0 Å². The zero-order valence-electron chi connectivity index (χ0n) is 11.0. The van der Waals surface area contributed by atoms with E-state index < -0.39 is 0 Å². The van der Waals surface area contributed by atoms with Crippen molar-refractivity contribution in [2.75, 3.05) is 18.0 Å². The number of aromatic nitrogens is 4. The smallest absolute Gasteiger partial charge is 0.115 e. The number of hydrogen-bond donors (Lipinski definition) is 0. The molecule has 0 bridgehead atoms. The summed E-state index contributed by atoms with van der Waals surface area (Å²) in [6.07, 6.45) is 11.3. The van der Waals surface area contributed by atoms with Crippen LogP contribution in [0.3, 0.4) is 0 Å². The van der Waals surface area contributed by atoms with E-state index >= 15 is 0 Å². The molecule has 2 aromatic rings. The van der Waals surface area contributed by atoms with Gasteiger partial charge in [0.05, 0.1) is 29.5 Å². The van der Waals surface area contributed by atoms with Crippen molar-refractivity contribution < 1.29 is 0 Å². The molecule has 0 aromatic carbocycles. The van der Waals surface area contributed by atoms with Gasteiger partial charge in [-0.15, -0.1) is 0 Å². The van der Waals surface area contributed by atoms with Crippen LogP contribution in [0.4, 0.5) is 5.69 Å². The summed E-state index contributed by atoms with van der Waals surface area (Å²) in [6, 6.07) is 0. The number of nitrogens with zero attached hydrogens (tertiary/aromatic N) is 5. The molecule has 3 heterocycles. The minimum Gasteiger partial charge on any atom is -0.368 e. The van der Waals surface area contributed by atoms with Gasteiger partial charge in [0.25, 0.3) is 0 Å². The molecule has 0 saturated carbocycles. The monoisotopic (exact) mass is 255 g/mol. The molecule has 1 aliphatic rings. The topological polar surface area (TPSA) is 54.8 Å². The molecule has 98 valence electrons. The lowest BCUT2D eigenvalue weighted by Crippen LogP contribution is -2.34. The Kier molecular flexibility index (Phi) is 3.35. The van der Waals surface area contributed by atoms with Crippen molar-refractivity contribution >= 4 is 5.69 Å². The van der Waals surface area contributed by atoms with Crippen LogP contribution >= 0.6 is 0 Å². The van der Waals surface area contributed by atoms with Gasteiger partial charge in [0.15, 0.2) is 0 Å². The van der Waals surface area contributed by atoms with Crippen LogP contribution in [0, 0.1) is 6.92 Å². The first-order chi connectivity index (χ1) is 9.33. The molecule has 1 saturated heterocycles. The van der Waals surface area contributed by atoms with Crippen LogP contribution in [0.15, 0.2) is 31.1 Å². The van der Waals surface area contributed by atoms with Gasteiger partial charge in [0.2, 0.25) is 0 Å². The maximum absolute atomic E-state index is 4.60. The summed E-state index contributed by atoms with van der Waals surface area (Å²) >= 11 is 0. The Morgan fingerprint density at radius 3 is 2.74 bits per heavy atom. The molecule has 19 heavy (non-hydrogen) atoms. The van der Waals surface area contributed by atoms with E-state index in [9.17, 15) is 0 Å². The highest BCUT2D eigenvalue weighted by atomic mass is 15.2. The summed E-state index contributed by atoms with van der Waals surface area (Å²) in [5.41, 5.74) is 3.17. The minimum atomic E-state index is 0.446. The Morgan fingerprint density at radius 2 is 1.95 bits per heavy atom. The molecule has 0 radical (unpaired) electrons. The molecule has 1 atom stereocenters. The van der Waals surface area contributed by atoms with Gasteiger partial charge in [0, 0.05) is 31.4 Å². The molecular weight excluding hydrogens is 238 g/mol. The van der Waals surface area contributed by atoms with Crippen molar-refractivity contribution in [2.24, 2.45) is 0 Å². The van der Waals surface area contributed by atoms with Gasteiger partial charge in [-0.1, -0.05) is 0 Å². The fourth-order valence-electron chi connectivity index (χ4n) is 2.59. The molecule has 0 N–H and O–H groups in total. The fraction of sp³-hybridized carbons (Fsp3) is 0.429. The van der Waals surface area contributed by atoms with E-state index in [0.29, 0.717) is 5.92 Å². The second-order valence-corrected chi connectivity index (χ2v) is 4.97. The molecule has 5 heteroatoms. The van der Waals surface area contributed by atoms with Gasteiger partial charge < -0.3 is 4.90 Å². The van der Waals surface area contributed by atoms with Gasteiger partial charge in [-0.3, -0.25) is 9.97 Å². The third-order valence-electron chi connectivity index (χ3n) is 3.53. The maximum atomic E-state index is 4.60. The van der Waals surface area contributed by atoms with Crippen LogP contribution in [0.2, 0.25) is 0 Å². The Morgan fingerprint density at radius 1 is 1.11 bits per heavy atom. The molecular formula is C14H17N5. The van der Waals surface area contributed by atoms with E-state index in [2.05, 4.69) is 24.8 Å². The van der Waals surface area contributed by atoms with Crippen LogP contribution in [0.25, 0.3) is 0 Å². The van der Waals surface area contributed by atoms with Crippen molar-refractivity contribution in [1.82, 2.24) is 19.9 Å². The molecule has 0 spiro atoms. The van der Waals surface area contributed by atoms with E-state index in [-0.39, 0.29) is 0 Å². The third-order valence-corrected chi connectivity index (χ3v) is 3.53. The van der Waals surface area contributed by atoms with Gasteiger partial charge in [-0.05, 0) is 19.8 Å². The second kappa shape index (κ2) is 5.30.